The maximum atomic E-state index is 12.0. The molecule has 0 fully saturated rings. The molecule has 3 rings (SSSR count). The van der Waals surface area contributed by atoms with E-state index in [1.807, 2.05) is 30.3 Å². The van der Waals surface area contributed by atoms with Crippen molar-refractivity contribution < 1.29 is 18.4 Å². The maximum Gasteiger partial charge on any atom is 0.361 e. The molecule has 2 heterocycles. The number of oxazole rings is 1. The van der Waals surface area contributed by atoms with Crippen LogP contribution in [0, 0.1) is 0 Å². The van der Waals surface area contributed by atoms with E-state index in [0.717, 1.165) is 5.56 Å². The molecule has 21 heavy (non-hydrogen) atoms. The van der Waals surface area contributed by atoms with E-state index in [1.165, 1.54) is 6.26 Å². The zero-order valence-corrected chi connectivity index (χ0v) is 11.4. The number of nitrogens with zero attached hydrogens (tertiary/aromatic N) is 1. The molecule has 5 nitrogen and oxygen atoms in total. The number of benzene rings is 1. The third-order valence-corrected chi connectivity index (χ3v) is 2.86. The van der Waals surface area contributed by atoms with Crippen molar-refractivity contribution in [2.24, 2.45) is 0 Å². The average Bonchev–Trinajstić information content (AvgIpc) is 3.17. The maximum absolute atomic E-state index is 12.0. The summed E-state index contributed by atoms with van der Waals surface area (Å²) in [5.41, 5.74) is 0.895. The summed E-state index contributed by atoms with van der Waals surface area (Å²) < 4.78 is 16.0. The number of rotatable bonds is 4. The van der Waals surface area contributed by atoms with E-state index in [9.17, 15) is 4.79 Å². The fourth-order valence-corrected chi connectivity index (χ4v) is 1.94. The highest BCUT2D eigenvalue weighted by Gasteiger charge is 2.24. The van der Waals surface area contributed by atoms with Crippen LogP contribution < -0.4 is 0 Å². The molecule has 0 N–H and O–H groups in total. The summed E-state index contributed by atoms with van der Waals surface area (Å²) in [5.74, 6) is 0.532. The Morgan fingerprint density at radius 3 is 2.67 bits per heavy atom. The topological polar surface area (TPSA) is 65.5 Å². The van der Waals surface area contributed by atoms with Gasteiger partial charge in [0, 0.05) is 5.56 Å². The van der Waals surface area contributed by atoms with Crippen LogP contribution in [0.15, 0.2) is 57.6 Å². The first-order valence-corrected chi connectivity index (χ1v) is 6.57. The molecule has 0 aliphatic heterocycles. The van der Waals surface area contributed by atoms with E-state index in [1.54, 1.807) is 19.1 Å². The van der Waals surface area contributed by atoms with E-state index in [2.05, 4.69) is 4.98 Å². The van der Waals surface area contributed by atoms with E-state index < -0.39 is 5.97 Å². The fraction of sp³-hybridized carbons (Fsp3) is 0.125. The van der Waals surface area contributed by atoms with Crippen molar-refractivity contribution in [3.63, 3.8) is 0 Å². The predicted octanol–water partition coefficient (Wildman–Crippen LogP) is 3.78. The van der Waals surface area contributed by atoms with Crippen LogP contribution in [0.5, 0.6) is 0 Å². The molecule has 3 aromatic rings. The van der Waals surface area contributed by atoms with Gasteiger partial charge in [-0.05, 0) is 31.2 Å². The van der Waals surface area contributed by atoms with Crippen molar-refractivity contribution in [3.05, 3.63) is 54.4 Å². The second kappa shape index (κ2) is 5.66. The van der Waals surface area contributed by atoms with Gasteiger partial charge in [0.25, 0.3) is 0 Å². The minimum Gasteiger partial charge on any atom is -0.461 e. The van der Waals surface area contributed by atoms with Gasteiger partial charge in [-0.1, -0.05) is 18.2 Å². The van der Waals surface area contributed by atoms with E-state index in [-0.39, 0.29) is 18.1 Å². The van der Waals surface area contributed by atoms with Crippen LogP contribution >= 0.6 is 0 Å². The number of furan rings is 1. The Labute approximate surface area is 121 Å². The summed E-state index contributed by atoms with van der Waals surface area (Å²) in [6.45, 7) is 2.01. The quantitative estimate of drug-likeness (QED) is 0.682. The molecule has 0 bridgehead atoms. The minimum absolute atomic E-state index is 0.116. The first-order chi connectivity index (χ1) is 10.3. The summed E-state index contributed by atoms with van der Waals surface area (Å²) in [5, 5.41) is 0. The molecule has 0 saturated heterocycles. The third kappa shape index (κ3) is 2.58. The van der Waals surface area contributed by atoms with Gasteiger partial charge in [-0.15, -0.1) is 0 Å². The number of hydrogen-bond donors (Lipinski definition) is 0. The molecule has 0 atom stereocenters. The summed E-state index contributed by atoms with van der Waals surface area (Å²) in [6, 6.07) is 12.8. The lowest BCUT2D eigenvalue weighted by atomic mass is 10.2. The van der Waals surface area contributed by atoms with Gasteiger partial charge in [-0.3, -0.25) is 0 Å². The molecule has 0 radical (unpaired) electrons. The Bertz CT molecular complexity index is 729. The van der Waals surface area contributed by atoms with E-state index in [4.69, 9.17) is 13.6 Å². The molecule has 0 saturated carbocycles. The summed E-state index contributed by atoms with van der Waals surface area (Å²) in [4.78, 5) is 16.3. The lowest BCUT2D eigenvalue weighted by Gasteiger charge is -1.98. The number of hydrogen-bond acceptors (Lipinski definition) is 5. The third-order valence-electron chi connectivity index (χ3n) is 2.86. The molecule has 0 aliphatic carbocycles. The van der Waals surface area contributed by atoms with Crippen molar-refractivity contribution in [1.82, 2.24) is 4.98 Å². The van der Waals surface area contributed by atoms with Gasteiger partial charge in [0.2, 0.25) is 11.7 Å². The number of carbonyl (C=O) groups excluding carboxylic acids is 1. The molecule has 0 aliphatic rings. The van der Waals surface area contributed by atoms with E-state index >= 15 is 0 Å². The van der Waals surface area contributed by atoms with Gasteiger partial charge in [0.15, 0.2) is 11.5 Å². The Balaban J connectivity index is 2.09. The van der Waals surface area contributed by atoms with Crippen LogP contribution in [0.2, 0.25) is 0 Å². The Kier molecular flexibility index (Phi) is 3.55. The highest BCUT2D eigenvalue weighted by molar-refractivity contribution is 5.93. The second-order valence-corrected chi connectivity index (χ2v) is 4.26. The molecular formula is C16H13NO4. The van der Waals surface area contributed by atoms with Crippen molar-refractivity contribution in [3.8, 4) is 23.0 Å². The zero-order chi connectivity index (χ0) is 14.7. The average molecular weight is 283 g/mol. The second-order valence-electron chi connectivity index (χ2n) is 4.26. The lowest BCUT2D eigenvalue weighted by Crippen LogP contribution is -2.06. The van der Waals surface area contributed by atoms with Gasteiger partial charge in [0.05, 0.1) is 12.9 Å². The molecule has 1 aromatic carbocycles. The van der Waals surface area contributed by atoms with Crippen LogP contribution in [0.3, 0.4) is 0 Å². The van der Waals surface area contributed by atoms with Crippen molar-refractivity contribution >= 4 is 5.97 Å². The van der Waals surface area contributed by atoms with E-state index in [0.29, 0.717) is 11.7 Å². The highest BCUT2D eigenvalue weighted by Crippen LogP contribution is 2.30. The van der Waals surface area contributed by atoms with Crippen molar-refractivity contribution in [2.45, 2.75) is 6.92 Å². The Morgan fingerprint density at radius 1 is 1.19 bits per heavy atom. The van der Waals surface area contributed by atoms with Crippen LogP contribution in [0.1, 0.15) is 17.4 Å². The van der Waals surface area contributed by atoms with Crippen LogP contribution in [0.4, 0.5) is 0 Å². The first kappa shape index (κ1) is 13.2. The minimum atomic E-state index is -0.533. The van der Waals surface area contributed by atoms with Gasteiger partial charge in [-0.2, -0.15) is 0 Å². The monoisotopic (exact) mass is 283 g/mol. The smallest absolute Gasteiger partial charge is 0.361 e. The van der Waals surface area contributed by atoms with Gasteiger partial charge >= 0.3 is 5.97 Å². The van der Waals surface area contributed by atoms with Crippen LogP contribution in [-0.2, 0) is 4.74 Å². The summed E-state index contributed by atoms with van der Waals surface area (Å²) in [6.07, 6.45) is 1.51. The van der Waals surface area contributed by atoms with Gasteiger partial charge < -0.3 is 13.6 Å². The van der Waals surface area contributed by atoms with Crippen molar-refractivity contribution in [2.75, 3.05) is 6.61 Å². The van der Waals surface area contributed by atoms with Gasteiger partial charge in [0.1, 0.15) is 0 Å². The Hall–Kier alpha value is -2.82. The lowest BCUT2D eigenvalue weighted by molar-refractivity contribution is 0.0520. The molecular weight excluding hydrogens is 270 g/mol. The number of carbonyl (C=O) groups is 1. The van der Waals surface area contributed by atoms with Crippen molar-refractivity contribution in [1.29, 1.82) is 0 Å². The zero-order valence-electron chi connectivity index (χ0n) is 11.4. The number of esters is 1. The highest BCUT2D eigenvalue weighted by atomic mass is 16.5. The molecule has 2 aromatic heterocycles. The summed E-state index contributed by atoms with van der Waals surface area (Å²) in [7, 11) is 0. The molecule has 0 amide bonds. The molecule has 0 spiro atoms. The molecule has 106 valence electrons. The van der Waals surface area contributed by atoms with Crippen LogP contribution in [-0.4, -0.2) is 17.6 Å². The fourth-order valence-electron chi connectivity index (χ4n) is 1.94. The molecule has 0 unspecified atom stereocenters. The first-order valence-electron chi connectivity index (χ1n) is 6.57. The van der Waals surface area contributed by atoms with Gasteiger partial charge in [-0.25, -0.2) is 9.78 Å². The normalized spacial score (nSPS) is 10.5. The standard InChI is InChI=1S/C16H13NO4/c1-2-19-16(18)13-14(12-9-6-10-20-12)21-15(17-13)11-7-4-3-5-8-11/h3-10H,2H2,1H3. The largest absolute Gasteiger partial charge is 0.461 e. The Morgan fingerprint density at radius 2 is 2.00 bits per heavy atom. The number of aromatic nitrogens is 1. The molecule has 5 heteroatoms. The van der Waals surface area contributed by atoms with Crippen LogP contribution in [0.25, 0.3) is 23.0 Å². The number of ether oxygens (including phenoxy) is 1. The summed E-state index contributed by atoms with van der Waals surface area (Å²) >= 11 is 0. The SMILES string of the molecule is CCOC(=O)c1nc(-c2ccccc2)oc1-c1ccco1. The predicted molar refractivity (Wildman–Crippen MR) is 75.6 cm³/mol.